The van der Waals surface area contributed by atoms with E-state index >= 15 is 0 Å². The van der Waals surface area contributed by atoms with Crippen molar-refractivity contribution >= 4 is 5.78 Å². The fraction of sp³-hybridized carbons (Fsp3) is 0.389. The van der Waals surface area contributed by atoms with Gasteiger partial charge in [0, 0.05) is 13.0 Å². The van der Waals surface area contributed by atoms with Crippen LogP contribution in [0.1, 0.15) is 39.4 Å². The number of ether oxygens (including phenoxy) is 1. The van der Waals surface area contributed by atoms with Crippen molar-refractivity contribution in [3.05, 3.63) is 35.4 Å². The smallest absolute Gasteiger partial charge is 0.155 e. The van der Waals surface area contributed by atoms with Crippen molar-refractivity contribution in [2.24, 2.45) is 0 Å². The summed E-state index contributed by atoms with van der Waals surface area (Å²) in [5, 5.41) is 3.36. The second kappa shape index (κ2) is 9.77. The maximum Gasteiger partial charge on any atom is 0.155 e. The van der Waals surface area contributed by atoms with Gasteiger partial charge in [0.2, 0.25) is 0 Å². The first-order valence-corrected chi connectivity index (χ1v) is 7.03. The lowest BCUT2D eigenvalue weighted by atomic mass is 10.1. The molecule has 0 aliphatic rings. The molecule has 0 saturated carbocycles. The summed E-state index contributed by atoms with van der Waals surface area (Å²) in [5.41, 5.74) is 2.17. The summed E-state index contributed by atoms with van der Waals surface area (Å²) < 4.78 is 5.01. The lowest BCUT2D eigenvalue weighted by Gasteiger charge is -2.12. The Kier molecular flexibility index (Phi) is 7.90. The molecule has 0 saturated heterocycles. The highest BCUT2D eigenvalue weighted by Crippen LogP contribution is 2.12. The van der Waals surface area contributed by atoms with Crippen LogP contribution in [0.15, 0.2) is 24.3 Å². The monoisotopic (exact) mass is 285 g/mol. The Morgan fingerprint density at radius 2 is 2.05 bits per heavy atom. The van der Waals surface area contributed by atoms with Crippen molar-refractivity contribution in [1.29, 1.82) is 0 Å². The molecule has 1 atom stereocenters. The fourth-order valence-corrected chi connectivity index (χ4v) is 1.71. The van der Waals surface area contributed by atoms with Crippen molar-refractivity contribution in [2.75, 3.05) is 19.8 Å². The summed E-state index contributed by atoms with van der Waals surface area (Å²) in [6.45, 7) is 6.99. The number of rotatable bonds is 6. The standard InChI is InChI=1S/C18H21NO2.H2/c1-4-19-16(3)18-11-9-17(10-12-18)8-6-5-7-13-21-14-15(2)20;/h9-12,16,19H,4,13-14H2,1-3H3;1H/t16-;/m1./s1. The van der Waals surface area contributed by atoms with Crippen molar-refractivity contribution in [1.82, 2.24) is 5.32 Å². The van der Waals surface area contributed by atoms with Crippen LogP contribution in [0.3, 0.4) is 0 Å². The van der Waals surface area contributed by atoms with Gasteiger partial charge in [-0.2, -0.15) is 0 Å². The van der Waals surface area contributed by atoms with E-state index in [0.29, 0.717) is 6.04 Å². The largest absolute Gasteiger partial charge is 0.361 e. The molecule has 0 amide bonds. The summed E-state index contributed by atoms with van der Waals surface area (Å²) >= 11 is 0. The molecule has 112 valence electrons. The Bertz CT molecular complexity index is 573. The fourth-order valence-electron chi connectivity index (χ4n) is 1.71. The van der Waals surface area contributed by atoms with Gasteiger partial charge in [0.15, 0.2) is 5.78 Å². The molecule has 3 nitrogen and oxygen atoms in total. The van der Waals surface area contributed by atoms with Crippen molar-refractivity contribution in [3.8, 4) is 23.7 Å². The second-order valence-corrected chi connectivity index (χ2v) is 4.65. The van der Waals surface area contributed by atoms with Gasteiger partial charge in [-0.3, -0.25) is 4.79 Å². The van der Waals surface area contributed by atoms with E-state index < -0.39 is 0 Å². The third-order valence-corrected chi connectivity index (χ3v) is 2.76. The van der Waals surface area contributed by atoms with Crippen LogP contribution in [-0.2, 0) is 9.53 Å². The normalized spacial score (nSPS) is 10.8. The van der Waals surface area contributed by atoms with E-state index in [1.54, 1.807) is 0 Å². The summed E-state index contributed by atoms with van der Waals surface area (Å²) in [4.78, 5) is 10.6. The van der Waals surface area contributed by atoms with Gasteiger partial charge in [-0.25, -0.2) is 0 Å². The minimum absolute atomic E-state index is 0. The van der Waals surface area contributed by atoms with Gasteiger partial charge in [0.25, 0.3) is 0 Å². The molecule has 0 spiro atoms. The topological polar surface area (TPSA) is 38.3 Å². The summed E-state index contributed by atoms with van der Waals surface area (Å²) in [5.74, 6) is 11.2. The van der Waals surface area contributed by atoms with Crippen molar-refractivity contribution in [2.45, 2.75) is 26.8 Å². The van der Waals surface area contributed by atoms with Crippen LogP contribution >= 0.6 is 0 Å². The SMILES string of the molecule is CCN[C@H](C)c1ccc(C#CC#CCOCC(C)=O)cc1.[HH]. The van der Waals surface area contributed by atoms with Crippen molar-refractivity contribution in [3.63, 3.8) is 0 Å². The molecule has 0 aliphatic heterocycles. The molecule has 0 heterocycles. The zero-order chi connectivity index (χ0) is 15.5. The van der Waals surface area contributed by atoms with Gasteiger partial charge in [-0.1, -0.05) is 30.9 Å². The lowest BCUT2D eigenvalue weighted by molar-refractivity contribution is -0.120. The Morgan fingerprint density at radius 3 is 2.67 bits per heavy atom. The Balaban J connectivity index is 0.00000441. The zero-order valence-electron chi connectivity index (χ0n) is 12.8. The molecule has 0 unspecified atom stereocenters. The van der Waals surface area contributed by atoms with E-state index in [1.807, 2.05) is 12.1 Å². The highest BCUT2D eigenvalue weighted by atomic mass is 16.5. The molecule has 0 bridgehead atoms. The van der Waals surface area contributed by atoms with Crippen LogP contribution in [0, 0.1) is 23.7 Å². The first kappa shape index (κ1) is 17.0. The summed E-state index contributed by atoms with van der Waals surface area (Å²) in [6, 6.07) is 8.46. The second-order valence-electron chi connectivity index (χ2n) is 4.65. The van der Waals surface area contributed by atoms with E-state index in [4.69, 9.17) is 4.74 Å². The van der Waals surface area contributed by atoms with E-state index in [9.17, 15) is 4.79 Å². The van der Waals surface area contributed by atoms with Crippen LogP contribution in [0.5, 0.6) is 0 Å². The predicted molar refractivity (Wildman–Crippen MR) is 86.8 cm³/mol. The minimum Gasteiger partial charge on any atom is -0.361 e. The highest BCUT2D eigenvalue weighted by Gasteiger charge is 2.01. The van der Waals surface area contributed by atoms with E-state index in [1.165, 1.54) is 12.5 Å². The molecule has 0 fully saturated rings. The van der Waals surface area contributed by atoms with Gasteiger partial charge in [0.1, 0.15) is 13.2 Å². The number of carbonyl (C=O) groups excluding carboxylic acids is 1. The third-order valence-electron chi connectivity index (χ3n) is 2.76. The summed E-state index contributed by atoms with van der Waals surface area (Å²) in [6.07, 6.45) is 0. The van der Waals surface area contributed by atoms with Gasteiger partial charge >= 0.3 is 0 Å². The number of hydrogen-bond donors (Lipinski definition) is 1. The molecule has 0 aromatic heterocycles. The average molecular weight is 285 g/mol. The molecule has 3 heteroatoms. The maximum absolute atomic E-state index is 10.6. The Morgan fingerprint density at radius 1 is 1.33 bits per heavy atom. The molecule has 0 radical (unpaired) electrons. The third kappa shape index (κ3) is 7.32. The Labute approximate surface area is 128 Å². The van der Waals surface area contributed by atoms with E-state index in [-0.39, 0.29) is 20.4 Å². The molecule has 1 aromatic carbocycles. The number of carbonyl (C=O) groups is 1. The first-order valence-electron chi connectivity index (χ1n) is 7.03. The number of ketones is 1. The molecule has 1 rings (SSSR count). The maximum atomic E-state index is 10.6. The zero-order valence-corrected chi connectivity index (χ0v) is 12.8. The Hall–Kier alpha value is -2.07. The van der Waals surface area contributed by atoms with Crippen LogP contribution < -0.4 is 5.32 Å². The van der Waals surface area contributed by atoms with Crippen molar-refractivity contribution < 1.29 is 11.0 Å². The van der Waals surface area contributed by atoms with Gasteiger partial charge in [0.05, 0.1) is 0 Å². The number of benzene rings is 1. The quantitative estimate of drug-likeness (QED) is 0.645. The number of nitrogens with one attached hydrogen (secondary N) is 1. The van der Waals surface area contributed by atoms with Crippen LogP contribution in [0.4, 0.5) is 0 Å². The van der Waals surface area contributed by atoms with Gasteiger partial charge in [-0.05, 0) is 49.9 Å². The molecule has 21 heavy (non-hydrogen) atoms. The molecule has 1 N–H and O–H groups in total. The molecular weight excluding hydrogens is 262 g/mol. The minimum atomic E-state index is -0.00485. The van der Waals surface area contributed by atoms with Gasteiger partial charge in [-0.15, -0.1) is 0 Å². The molecular formula is C18H23NO2. The van der Waals surface area contributed by atoms with E-state index in [0.717, 1.165) is 12.1 Å². The van der Waals surface area contributed by atoms with Crippen LogP contribution in [-0.4, -0.2) is 25.5 Å². The van der Waals surface area contributed by atoms with E-state index in [2.05, 4.69) is 55.0 Å². The predicted octanol–water partition coefficient (Wildman–Crippen LogP) is 2.56. The van der Waals surface area contributed by atoms with Crippen LogP contribution in [0.25, 0.3) is 0 Å². The van der Waals surface area contributed by atoms with Crippen LogP contribution in [0.2, 0.25) is 0 Å². The van der Waals surface area contributed by atoms with Gasteiger partial charge < -0.3 is 10.1 Å². The lowest BCUT2D eigenvalue weighted by Crippen LogP contribution is -2.17. The molecule has 0 aliphatic carbocycles. The number of Topliss-reactive ketones (excluding diaryl/α,β-unsaturated/α-hetero) is 1. The first-order chi connectivity index (χ1) is 10.1. The summed E-state index contributed by atoms with van der Waals surface area (Å²) in [7, 11) is 0. The molecule has 1 aromatic rings. The average Bonchev–Trinajstić information content (AvgIpc) is 2.47. The number of hydrogen-bond acceptors (Lipinski definition) is 3. The highest BCUT2D eigenvalue weighted by molar-refractivity contribution is 5.76.